The normalized spacial score (nSPS) is 11.9. The van der Waals surface area contributed by atoms with Crippen molar-refractivity contribution in [2.45, 2.75) is 19.0 Å². The fourth-order valence-electron chi connectivity index (χ4n) is 1.26. The molecule has 0 heterocycles. The van der Waals surface area contributed by atoms with E-state index >= 15 is 0 Å². The highest BCUT2D eigenvalue weighted by Gasteiger charge is 2.16. The van der Waals surface area contributed by atoms with Gasteiger partial charge in [0.2, 0.25) is 0 Å². The molecule has 0 aromatic heterocycles. The van der Waals surface area contributed by atoms with Crippen LogP contribution >= 0.6 is 11.6 Å². The van der Waals surface area contributed by atoms with Crippen molar-refractivity contribution >= 4 is 23.7 Å². The van der Waals surface area contributed by atoms with Crippen LogP contribution in [-0.2, 0) is 11.3 Å². The highest BCUT2D eigenvalue weighted by molar-refractivity contribution is 6.30. The zero-order valence-electron chi connectivity index (χ0n) is 9.17. The predicted octanol–water partition coefficient (Wildman–Crippen LogP) is 0.745. The summed E-state index contributed by atoms with van der Waals surface area (Å²) in [6.07, 6.45) is 1.39. The molecule has 1 aromatic carbocycles. The third-order valence-electron chi connectivity index (χ3n) is 2.26. The quantitative estimate of drug-likeness (QED) is 0.669. The highest BCUT2D eigenvalue weighted by atomic mass is 35.5. The molecule has 0 aliphatic carbocycles. The Morgan fingerprint density at radius 3 is 3.00 bits per heavy atom. The van der Waals surface area contributed by atoms with Crippen molar-refractivity contribution < 1.29 is 14.9 Å². The summed E-state index contributed by atoms with van der Waals surface area (Å²) in [6, 6.07) is 4.08. The number of carbonyl (C=O) groups excluding carboxylic acids is 1. The summed E-state index contributed by atoms with van der Waals surface area (Å²) in [5.41, 5.74) is 3.92. The molecule has 0 fully saturated rings. The summed E-state index contributed by atoms with van der Waals surface area (Å²) in [5, 5.41) is 9.44. The zero-order valence-corrected chi connectivity index (χ0v) is 9.93. The number of halogens is 2. The van der Waals surface area contributed by atoms with Crippen molar-refractivity contribution in [3.05, 3.63) is 34.6 Å². The van der Waals surface area contributed by atoms with Gasteiger partial charge in [-0.2, -0.15) is 0 Å². The van der Waals surface area contributed by atoms with Crippen LogP contribution in [0.25, 0.3) is 0 Å². The SMILES string of the molecule is N=CCC([NH3+])C(=O)NCc1cccc(Cl)c1F. The number of carbonyl (C=O) groups is 1. The van der Waals surface area contributed by atoms with E-state index in [-0.39, 0.29) is 23.9 Å². The van der Waals surface area contributed by atoms with Crippen LogP contribution in [0.5, 0.6) is 0 Å². The molecule has 6 heteroatoms. The van der Waals surface area contributed by atoms with Gasteiger partial charge in [-0.1, -0.05) is 23.7 Å². The molecule has 1 atom stereocenters. The molecule has 0 radical (unpaired) electrons. The number of rotatable bonds is 5. The first-order valence-electron chi connectivity index (χ1n) is 5.09. The number of hydrogen-bond acceptors (Lipinski definition) is 2. The molecule has 0 spiro atoms. The molecule has 0 saturated heterocycles. The Labute approximate surface area is 103 Å². The van der Waals surface area contributed by atoms with Crippen LogP contribution in [0.4, 0.5) is 4.39 Å². The average molecular weight is 259 g/mol. The maximum atomic E-state index is 13.5. The lowest BCUT2D eigenvalue weighted by molar-refractivity contribution is -0.401. The number of amides is 1. The molecule has 17 heavy (non-hydrogen) atoms. The van der Waals surface area contributed by atoms with Gasteiger partial charge in [0, 0.05) is 24.7 Å². The molecular weight excluding hydrogens is 245 g/mol. The topological polar surface area (TPSA) is 80.6 Å². The van der Waals surface area contributed by atoms with Crippen LogP contribution in [0, 0.1) is 11.2 Å². The van der Waals surface area contributed by atoms with E-state index in [1.165, 1.54) is 6.07 Å². The molecular formula is C11H14ClFN3O+. The van der Waals surface area contributed by atoms with E-state index < -0.39 is 11.9 Å². The van der Waals surface area contributed by atoms with Gasteiger partial charge >= 0.3 is 0 Å². The standard InChI is InChI=1S/C11H13ClFN3O/c12-8-3-1-2-7(10(8)13)6-16-11(17)9(15)4-5-14/h1-3,5,9,14H,4,6,15H2,(H,16,17)/p+1. The Kier molecular flexibility index (Phi) is 5.06. The van der Waals surface area contributed by atoms with Gasteiger partial charge in [-0.25, -0.2) is 4.39 Å². The minimum Gasteiger partial charge on any atom is -0.347 e. The summed E-state index contributed by atoms with van der Waals surface area (Å²) < 4.78 is 13.5. The molecule has 1 unspecified atom stereocenters. The summed E-state index contributed by atoms with van der Waals surface area (Å²) >= 11 is 5.61. The third-order valence-corrected chi connectivity index (χ3v) is 2.55. The van der Waals surface area contributed by atoms with Crippen molar-refractivity contribution in [1.29, 1.82) is 5.41 Å². The summed E-state index contributed by atoms with van der Waals surface area (Å²) in [7, 11) is 0. The number of hydrogen-bond donors (Lipinski definition) is 3. The first kappa shape index (κ1) is 13.6. The Morgan fingerprint density at radius 1 is 1.65 bits per heavy atom. The Bertz CT molecular complexity index is 425. The first-order chi connectivity index (χ1) is 8.06. The number of nitrogens with one attached hydrogen (secondary N) is 2. The smallest absolute Gasteiger partial charge is 0.278 e. The van der Waals surface area contributed by atoms with Crippen LogP contribution in [0.1, 0.15) is 12.0 Å². The van der Waals surface area contributed by atoms with Crippen molar-refractivity contribution in [3.63, 3.8) is 0 Å². The van der Waals surface area contributed by atoms with E-state index in [0.29, 0.717) is 5.56 Å². The number of quaternary nitrogens is 1. The van der Waals surface area contributed by atoms with E-state index in [9.17, 15) is 9.18 Å². The second-order valence-electron chi connectivity index (χ2n) is 3.57. The van der Waals surface area contributed by atoms with Gasteiger partial charge in [-0.05, 0) is 6.07 Å². The van der Waals surface area contributed by atoms with Crippen LogP contribution in [0.3, 0.4) is 0 Å². The molecule has 0 saturated carbocycles. The maximum absolute atomic E-state index is 13.5. The van der Waals surface area contributed by atoms with Gasteiger partial charge in [-0.3, -0.25) is 4.79 Å². The molecule has 1 rings (SSSR count). The van der Waals surface area contributed by atoms with E-state index in [2.05, 4.69) is 11.1 Å². The highest BCUT2D eigenvalue weighted by Crippen LogP contribution is 2.17. The van der Waals surface area contributed by atoms with Gasteiger partial charge in [0.05, 0.1) is 5.02 Å². The fraction of sp³-hybridized carbons (Fsp3) is 0.273. The van der Waals surface area contributed by atoms with E-state index in [0.717, 1.165) is 6.21 Å². The lowest BCUT2D eigenvalue weighted by Crippen LogP contribution is -2.67. The Balaban J connectivity index is 2.58. The van der Waals surface area contributed by atoms with Crippen LogP contribution < -0.4 is 11.1 Å². The predicted molar refractivity (Wildman–Crippen MR) is 63.3 cm³/mol. The van der Waals surface area contributed by atoms with E-state index in [1.54, 1.807) is 12.1 Å². The maximum Gasteiger partial charge on any atom is 0.278 e. The van der Waals surface area contributed by atoms with Crippen LogP contribution in [-0.4, -0.2) is 18.2 Å². The Hall–Kier alpha value is -1.46. The first-order valence-corrected chi connectivity index (χ1v) is 5.46. The van der Waals surface area contributed by atoms with Crippen molar-refractivity contribution in [1.82, 2.24) is 5.32 Å². The van der Waals surface area contributed by atoms with Crippen molar-refractivity contribution in [2.75, 3.05) is 0 Å². The molecule has 4 nitrogen and oxygen atoms in total. The second kappa shape index (κ2) is 6.32. The Morgan fingerprint density at radius 2 is 2.35 bits per heavy atom. The third kappa shape index (κ3) is 3.80. The average Bonchev–Trinajstić information content (AvgIpc) is 2.31. The summed E-state index contributed by atoms with van der Waals surface area (Å²) in [6.45, 7) is 0.0647. The molecule has 92 valence electrons. The summed E-state index contributed by atoms with van der Waals surface area (Å²) in [5.74, 6) is -0.838. The van der Waals surface area contributed by atoms with Crippen molar-refractivity contribution in [2.24, 2.45) is 0 Å². The summed E-state index contributed by atoms with van der Waals surface area (Å²) in [4.78, 5) is 11.5. The minimum absolute atomic E-state index is 0.0300. The number of benzene rings is 1. The lowest BCUT2D eigenvalue weighted by Gasteiger charge is -2.08. The monoisotopic (exact) mass is 258 g/mol. The molecule has 0 bridgehead atoms. The van der Waals surface area contributed by atoms with E-state index in [4.69, 9.17) is 17.0 Å². The zero-order chi connectivity index (χ0) is 12.8. The molecule has 1 aromatic rings. The molecule has 0 aliphatic rings. The fourth-order valence-corrected chi connectivity index (χ4v) is 1.46. The van der Waals surface area contributed by atoms with Gasteiger partial charge in [0.1, 0.15) is 5.82 Å². The van der Waals surface area contributed by atoms with Crippen LogP contribution in [0.2, 0.25) is 5.02 Å². The molecule has 5 N–H and O–H groups in total. The van der Waals surface area contributed by atoms with Crippen molar-refractivity contribution in [3.8, 4) is 0 Å². The second-order valence-corrected chi connectivity index (χ2v) is 3.97. The van der Waals surface area contributed by atoms with Gasteiger partial charge in [0.25, 0.3) is 5.91 Å². The lowest BCUT2D eigenvalue weighted by atomic mass is 10.2. The molecule has 0 aliphatic heterocycles. The van der Waals surface area contributed by atoms with E-state index in [1.807, 2.05) is 0 Å². The van der Waals surface area contributed by atoms with Crippen LogP contribution in [0.15, 0.2) is 18.2 Å². The largest absolute Gasteiger partial charge is 0.347 e. The minimum atomic E-state index is -0.533. The van der Waals surface area contributed by atoms with Gasteiger partial charge < -0.3 is 16.5 Å². The van der Waals surface area contributed by atoms with Gasteiger partial charge in [-0.15, -0.1) is 0 Å². The molecule has 1 amide bonds. The van der Waals surface area contributed by atoms with Gasteiger partial charge in [0.15, 0.2) is 6.04 Å².